The highest BCUT2D eigenvalue weighted by Crippen LogP contribution is 2.24. The summed E-state index contributed by atoms with van der Waals surface area (Å²) in [5.74, 6) is 0. The minimum Gasteiger partial charge on any atom is -0.356 e. The number of hydrogen-bond acceptors (Lipinski definition) is 2. The molecule has 0 aromatic carbocycles. The van der Waals surface area contributed by atoms with Gasteiger partial charge in [0, 0.05) is 25.5 Å². The van der Waals surface area contributed by atoms with Crippen molar-refractivity contribution in [3.8, 4) is 0 Å². The molecule has 0 aliphatic carbocycles. The van der Waals surface area contributed by atoms with Gasteiger partial charge in [-0.3, -0.25) is 0 Å². The molecule has 1 aliphatic rings. The quantitative estimate of drug-likeness (QED) is 0.0617. The van der Waals surface area contributed by atoms with Gasteiger partial charge in [-0.25, -0.2) is 0 Å². The number of nitrogens with zero attached hydrogens (tertiary/aromatic N) is 2. The van der Waals surface area contributed by atoms with Crippen LogP contribution < -0.4 is 0 Å². The van der Waals surface area contributed by atoms with Gasteiger partial charge in [-0.05, 0) is 25.7 Å². The minimum absolute atomic E-state index is 0.638. The van der Waals surface area contributed by atoms with Gasteiger partial charge in [0.25, 0.3) is 0 Å². The van der Waals surface area contributed by atoms with Crippen LogP contribution in [0.1, 0.15) is 252 Å². The maximum atomic E-state index is 2.73. The summed E-state index contributed by atoms with van der Waals surface area (Å²) >= 11 is 0. The Labute approximate surface area is 292 Å². The minimum atomic E-state index is 0.638. The van der Waals surface area contributed by atoms with Gasteiger partial charge < -0.3 is 9.80 Å². The molecule has 0 aromatic rings. The smallest absolute Gasteiger partial charge is 0.101 e. The van der Waals surface area contributed by atoms with Crippen LogP contribution in [0.2, 0.25) is 0 Å². The molecule has 0 aromatic heterocycles. The summed E-state index contributed by atoms with van der Waals surface area (Å²) in [6.45, 7) is 9.49. The molecule has 0 amide bonds. The molecule has 0 fully saturated rings. The first-order valence-corrected chi connectivity index (χ1v) is 22.0. The average molecular weight is 645 g/mol. The van der Waals surface area contributed by atoms with Crippen molar-refractivity contribution in [1.82, 2.24) is 9.80 Å². The van der Waals surface area contributed by atoms with Gasteiger partial charge in [0.1, 0.15) is 6.17 Å². The summed E-state index contributed by atoms with van der Waals surface area (Å²) in [5, 5.41) is 0. The fourth-order valence-electron chi connectivity index (χ4n) is 7.60. The van der Waals surface area contributed by atoms with Gasteiger partial charge in [0.15, 0.2) is 0 Å². The van der Waals surface area contributed by atoms with E-state index in [-0.39, 0.29) is 0 Å². The second kappa shape index (κ2) is 35.6. The summed E-state index contributed by atoms with van der Waals surface area (Å²) < 4.78 is 0. The van der Waals surface area contributed by atoms with Crippen LogP contribution in [0.3, 0.4) is 0 Å². The first-order chi connectivity index (χ1) is 22.8. The molecule has 0 saturated carbocycles. The van der Waals surface area contributed by atoms with E-state index in [4.69, 9.17) is 0 Å². The van der Waals surface area contributed by atoms with E-state index in [0.29, 0.717) is 6.17 Å². The van der Waals surface area contributed by atoms with Crippen molar-refractivity contribution in [1.29, 1.82) is 0 Å². The van der Waals surface area contributed by atoms with E-state index in [9.17, 15) is 0 Å². The molecule has 0 N–H and O–H groups in total. The Morgan fingerprint density at radius 3 is 0.761 bits per heavy atom. The van der Waals surface area contributed by atoms with E-state index in [1.165, 1.54) is 244 Å². The lowest BCUT2D eigenvalue weighted by molar-refractivity contribution is 0.135. The van der Waals surface area contributed by atoms with Crippen molar-refractivity contribution in [2.24, 2.45) is 0 Å². The molecule has 274 valence electrons. The van der Waals surface area contributed by atoms with Crippen LogP contribution in [0.4, 0.5) is 0 Å². The number of rotatable bonds is 38. The maximum Gasteiger partial charge on any atom is 0.101 e. The molecule has 0 spiro atoms. The van der Waals surface area contributed by atoms with Crippen molar-refractivity contribution < 1.29 is 0 Å². The Kier molecular flexibility index (Phi) is 33.6. The molecule has 2 nitrogen and oxygen atoms in total. The molecule has 46 heavy (non-hydrogen) atoms. The molecule has 0 bridgehead atoms. The van der Waals surface area contributed by atoms with E-state index in [0.717, 1.165) is 0 Å². The molecule has 2 heteroatoms. The van der Waals surface area contributed by atoms with Crippen LogP contribution in [0.5, 0.6) is 0 Å². The van der Waals surface area contributed by atoms with Crippen molar-refractivity contribution in [2.75, 3.05) is 13.1 Å². The van der Waals surface area contributed by atoms with Gasteiger partial charge in [-0.15, -0.1) is 0 Å². The van der Waals surface area contributed by atoms with E-state index in [1.807, 2.05) is 0 Å². The van der Waals surface area contributed by atoms with Gasteiger partial charge in [0.05, 0.1) is 0 Å². The topological polar surface area (TPSA) is 6.48 Å². The molecule has 1 heterocycles. The Morgan fingerprint density at radius 2 is 0.500 bits per heavy atom. The summed E-state index contributed by atoms with van der Waals surface area (Å²) in [6, 6.07) is 0. The second-order valence-electron chi connectivity index (χ2n) is 15.4. The highest BCUT2D eigenvalue weighted by Gasteiger charge is 2.24. The number of hydrogen-bond donors (Lipinski definition) is 0. The first-order valence-electron chi connectivity index (χ1n) is 22.0. The Balaban J connectivity index is 2.18. The molecule has 0 saturated heterocycles. The molecule has 1 atom stereocenters. The number of unbranched alkanes of at least 4 members (excludes halogenated alkanes) is 32. The third kappa shape index (κ3) is 27.3. The second-order valence-corrected chi connectivity index (χ2v) is 15.4. The zero-order valence-electron chi connectivity index (χ0n) is 32.5. The third-order valence-corrected chi connectivity index (χ3v) is 10.8. The zero-order valence-corrected chi connectivity index (χ0v) is 32.5. The highest BCUT2D eigenvalue weighted by atomic mass is 15.4. The lowest BCUT2D eigenvalue weighted by atomic mass is 10.0. The first kappa shape index (κ1) is 43.4. The van der Waals surface area contributed by atoms with Crippen molar-refractivity contribution >= 4 is 0 Å². The van der Waals surface area contributed by atoms with E-state index < -0.39 is 0 Å². The molecule has 1 rings (SSSR count). The van der Waals surface area contributed by atoms with Gasteiger partial charge >= 0.3 is 0 Å². The van der Waals surface area contributed by atoms with Crippen LogP contribution in [0.15, 0.2) is 12.4 Å². The standard InChI is InChI=1S/C44H88N2/c1-4-7-10-13-16-19-21-22-23-24-25-26-28-30-33-36-39-44-45(40-37-34-31-18-15-12-9-6-3)42-43-46(44)41-38-35-32-29-27-20-17-14-11-8-5-2/h42-44H,4-41H2,1-3H3. The summed E-state index contributed by atoms with van der Waals surface area (Å²) in [4.78, 5) is 5.45. The molecule has 1 aliphatic heterocycles. The van der Waals surface area contributed by atoms with Crippen LogP contribution in [0, 0.1) is 0 Å². The normalized spacial score (nSPS) is 14.7. The Morgan fingerprint density at radius 1 is 0.283 bits per heavy atom. The van der Waals surface area contributed by atoms with Crippen LogP contribution in [-0.2, 0) is 0 Å². The van der Waals surface area contributed by atoms with Crippen LogP contribution in [-0.4, -0.2) is 29.1 Å². The van der Waals surface area contributed by atoms with Crippen molar-refractivity contribution in [2.45, 2.75) is 258 Å². The van der Waals surface area contributed by atoms with E-state index in [2.05, 4.69) is 43.0 Å². The van der Waals surface area contributed by atoms with Gasteiger partial charge in [-0.1, -0.05) is 226 Å². The summed E-state index contributed by atoms with van der Waals surface area (Å²) in [7, 11) is 0. The molecule has 1 unspecified atom stereocenters. The zero-order chi connectivity index (χ0) is 33.0. The summed E-state index contributed by atoms with van der Waals surface area (Å²) in [5.41, 5.74) is 0. The van der Waals surface area contributed by atoms with Crippen LogP contribution >= 0.6 is 0 Å². The van der Waals surface area contributed by atoms with Gasteiger partial charge in [0.2, 0.25) is 0 Å². The summed E-state index contributed by atoms with van der Waals surface area (Å²) in [6.07, 6.45) is 57.4. The largest absolute Gasteiger partial charge is 0.356 e. The SMILES string of the molecule is CCCCCCCCCCCCCCCCCCC1N(CCCCCCCCCC)C=CN1CCCCCCCCCCCCC. The fourth-order valence-corrected chi connectivity index (χ4v) is 7.60. The van der Waals surface area contributed by atoms with Crippen molar-refractivity contribution in [3.63, 3.8) is 0 Å². The highest BCUT2D eigenvalue weighted by molar-refractivity contribution is 4.97. The lowest BCUT2D eigenvalue weighted by Gasteiger charge is -2.33. The molecular formula is C44H88N2. The molecular weight excluding hydrogens is 556 g/mol. The lowest BCUT2D eigenvalue weighted by Crippen LogP contribution is -2.39. The third-order valence-electron chi connectivity index (χ3n) is 10.8. The van der Waals surface area contributed by atoms with Gasteiger partial charge in [-0.2, -0.15) is 0 Å². The average Bonchev–Trinajstić information content (AvgIpc) is 3.45. The molecule has 0 radical (unpaired) electrons. The Hall–Kier alpha value is -0.660. The Bertz CT molecular complexity index is 601. The maximum absolute atomic E-state index is 2.73. The van der Waals surface area contributed by atoms with E-state index in [1.54, 1.807) is 0 Å². The monoisotopic (exact) mass is 645 g/mol. The van der Waals surface area contributed by atoms with E-state index >= 15 is 0 Å². The fraction of sp³-hybridized carbons (Fsp3) is 0.955. The van der Waals surface area contributed by atoms with Crippen molar-refractivity contribution in [3.05, 3.63) is 12.4 Å². The predicted octanol–water partition coefficient (Wildman–Crippen LogP) is 15.5. The van der Waals surface area contributed by atoms with Crippen LogP contribution in [0.25, 0.3) is 0 Å². The predicted molar refractivity (Wildman–Crippen MR) is 210 cm³/mol.